The molecule has 2 aromatic heterocycles. The fourth-order valence-corrected chi connectivity index (χ4v) is 4.27. The van der Waals surface area contributed by atoms with Gasteiger partial charge in [0.05, 0.1) is 0 Å². The fourth-order valence-electron chi connectivity index (χ4n) is 4.27. The lowest BCUT2D eigenvalue weighted by atomic mass is 10.2. The van der Waals surface area contributed by atoms with E-state index in [0.717, 1.165) is 48.3 Å². The molecule has 0 atom stereocenters. The van der Waals surface area contributed by atoms with Gasteiger partial charge in [0.25, 0.3) is 5.91 Å². The number of aromatic nitrogens is 2. The zero-order valence-corrected chi connectivity index (χ0v) is 17.8. The molecule has 0 spiro atoms. The van der Waals surface area contributed by atoms with E-state index in [4.69, 9.17) is 9.40 Å². The molecule has 6 nitrogen and oxygen atoms in total. The van der Waals surface area contributed by atoms with Gasteiger partial charge in [0.1, 0.15) is 11.1 Å². The molecule has 1 aliphatic rings. The molecule has 0 N–H and O–H groups in total. The van der Waals surface area contributed by atoms with E-state index in [1.165, 1.54) is 12.8 Å². The summed E-state index contributed by atoms with van der Waals surface area (Å²) in [4.78, 5) is 26.7. The number of hydrogen-bond donors (Lipinski definition) is 0. The molecule has 1 amide bonds. The largest absolute Gasteiger partial charge is 0.450 e. The monoisotopic (exact) mass is 414 g/mol. The molecule has 0 saturated carbocycles. The van der Waals surface area contributed by atoms with Crippen molar-refractivity contribution in [1.82, 2.24) is 14.9 Å². The Balaban J connectivity index is 1.59. The summed E-state index contributed by atoms with van der Waals surface area (Å²) in [5.74, 6) is 0.767. The van der Waals surface area contributed by atoms with Gasteiger partial charge < -0.3 is 14.2 Å². The van der Waals surface area contributed by atoms with Crippen molar-refractivity contribution >= 4 is 33.8 Å². The highest BCUT2D eigenvalue weighted by Crippen LogP contribution is 2.34. The van der Waals surface area contributed by atoms with Gasteiger partial charge >= 0.3 is 0 Å². The van der Waals surface area contributed by atoms with E-state index in [-0.39, 0.29) is 11.7 Å². The SMILES string of the molecule is CN(Cc1ccccc1)C(=O)c1nc(N2CCCCCC2)c2oc3ccccc3c2n1. The highest BCUT2D eigenvalue weighted by atomic mass is 16.3. The van der Waals surface area contributed by atoms with E-state index >= 15 is 0 Å². The lowest BCUT2D eigenvalue weighted by Gasteiger charge is -2.22. The minimum atomic E-state index is -0.188. The van der Waals surface area contributed by atoms with Crippen LogP contribution in [0.2, 0.25) is 0 Å². The Morgan fingerprint density at radius 2 is 1.68 bits per heavy atom. The molecular formula is C25H26N4O2. The van der Waals surface area contributed by atoms with Crippen molar-refractivity contribution in [1.29, 1.82) is 0 Å². The molecule has 3 heterocycles. The zero-order chi connectivity index (χ0) is 21.2. The van der Waals surface area contributed by atoms with Crippen molar-refractivity contribution in [3.8, 4) is 0 Å². The predicted octanol–water partition coefficient (Wildman–Crippen LogP) is 5.03. The number of carbonyl (C=O) groups excluding carboxylic acids is 1. The molecule has 1 aliphatic heterocycles. The molecule has 0 radical (unpaired) electrons. The van der Waals surface area contributed by atoms with Crippen LogP contribution in [0.25, 0.3) is 22.1 Å². The van der Waals surface area contributed by atoms with E-state index in [2.05, 4.69) is 9.88 Å². The van der Waals surface area contributed by atoms with Gasteiger partial charge in [-0.3, -0.25) is 4.79 Å². The molecule has 1 fully saturated rings. The Bertz CT molecular complexity index is 1210. The third-order valence-corrected chi connectivity index (χ3v) is 5.91. The first-order valence-corrected chi connectivity index (χ1v) is 10.9. The Kier molecular flexibility index (Phi) is 5.28. The molecular weight excluding hydrogens is 388 g/mol. The average molecular weight is 415 g/mol. The van der Waals surface area contributed by atoms with Gasteiger partial charge in [0, 0.05) is 32.1 Å². The van der Waals surface area contributed by atoms with Gasteiger partial charge in [-0.05, 0) is 30.5 Å². The Labute approximate surface area is 181 Å². The van der Waals surface area contributed by atoms with Crippen LogP contribution in [0.5, 0.6) is 0 Å². The van der Waals surface area contributed by atoms with Crippen molar-refractivity contribution in [2.24, 2.45) is 0 Å². The van der Waals surface area contributed by atoms with Crippen LogP contribution in [0.1, 0.15) is 41.9 Å². The normalized spacial score (nSPS) is 14.7. The number of rotatable bonds is 4. The lowest BCUT2D eigenvalue weighted by molar-refractivity contribution is 0.0773. The molecule has 1 saturated heterocycles. The number of para-hydroxylation sites is 1. The minimum absolute atomic E-state index is 0.188. The van der Waals surface area contributed by atoms with E-state index in [1.54, 1.807) is 11.9 Å². The summed E-state index contributed by atoms with van der Waals surface area (Å²) in [5, 5.41) is 0.913. The second-order valence-electron chi connectivity index (χ2n) is 8.19. The number of nitrogens with zero attached hydrogens (tertiary/aromatic N) is 4. The summed E-state index contributed by atoms with van der Waals surface area (Å²) in [7, 11) is 1.79. The summed E-state index contributed by atoms with van der Waals surface area (Å²) in [5.41, 5.74) is 3.22. The standard InChI is InChI=1S/C25H26N4O2/c1-28(17-18-11-5-4-6-12-18)25(30)23-26-21-19-13-7-8-14-20(19)31-22(21)24(27-23)29-15-9-2-3-10-16-29/h4-8,11-14H,2-3,9-10,15-17H2,1H3. The molecule has 6 heteroatoms. The zero-order valence-electron chi connectivity index (χ0n) is 17.8. The predicted molar refractivity (Wildman–Crippen MR) is 122 cm³/mol. The number of furan rings is 1. The molecule has 0 unspecified atom stereocenters. The molecule has 0 aliphatic carbocycles. The van der Waals surface area contributed by atoms with Crippen LogP contribution in [0, 0.1) is 0 Å². The summed E-state index contributed by atoms with van der Waals surface area (Å²) in [6.45, 7) is 2.33. The molecule has 31 heavy (non-hydrogen) atoms. The third-order valence-electron chi connectivity index (χ3n) is 5.91. The van der Waals surface area contributed by atoms with Crippen molar-refractivity contribution in [2.45, 2.75) is 32.2 Å². The van der Waals surface area contributed by atoms with Crippen LogP contribution < -0.4 is 4.90 Å². The number of benzene rings is 2. The topological polar surface area (TPSA) is 62.5 Å². The first-order chi connectivity index (χ1) is 15.2. The van der Waals surface area contributed by atoms with Gasteiger partial charge in [-0.15, -0.1) is 0 Å². The summed E-state index contributed by atoms with van der Waals surface area (Å²) < 4.78 is 6.18. The Morgan fingerprint density at radius 3 is 2.45 bits per heavy atom. The van der Waals surface area contributed by atoms with Crippen molar-refractivity contribution in [3.63, 3.8) is 0 Å². The Morgan fingerprint density at radius 1 is 0.968 bits per heavy atom. The van der Waals surface area contributed by atoms with E-state index in [0.29, 0.717) is 17.6 Å². The van der Waals surface area contributed by atoms with Gasteiger partial charge in [-0.1, -0.05) is 55.3 Å². The van der Waals surface area contributed by atoms with E-state index in [1.807, 2.05) is 54.6 Å². The molecule has 4 aromatic rings. The second-order valence-corrected chi connectivity index (χ2v) is 8.19. The number of fused-ring (bicyclic) bond motifs is 3. The molecule has 158 valence electrons. The van der Waals surface area contributed by atoms with Crippen molar-refractivity contribution in [3.05, 3.63) is 66.0 Å². The first-order valence-electron chi connectivity index (χ1n) is 10.9. The van der Waals surface area contributed by atoms with Crippen LogP contribution in [0.15, 0.2) is 59.0 Å². The van der Waals surface area contributed by atoms with Gasteiger partial charge in [0.2, 0.25) is 5.82 Å². The highest BCUT2D eigenvalue weighted by molar-refractivity contribution is 6.07. The van der Waals surface area contributed by atoms with Crippen molar-refractivity contribution in [2.75, 3.05) is 25.0 Å². The molecule has 2 aromatic carbocycles. The number of amides is 1. The molecule has 5 rings (SSSR count). The second kappa shape index (κ2) is 8.38. The number of anilines is 1. The minimum Gasteiger partial charge on any atom is -0.450 e. The van der Waals surface area contributed by atoms with Crippen LogP contribution in [-0.4, -0.2) is 40.9 Å². The maximum Gasteiger partial charge on any atom is 0.291 e. The summed E-state index contributed by atoms with van der Waals surface area (Å²) >= 11 is 0. The maximum atomic E-state index is 13.3. The van der Waals surface area contributed by atoms with Gasteiger partial charge in [0.15, 0.2) is 11.4 Å². The van der Waals surface area contributed by atoms with Crippen LogP contribution in [-0.2, 0) is 6.54 Å². The molecule has 0 bridgehead atoms. The number of carbonyl (C=O) groups is 1. The van der Waals surface area contributed by atoms with Gasteiger partial charge in [-0.2, -0.15) is 0 Å². The van der Waals surface area contributed by atoms with Crippen LogP contribution in [0.3, 0.4) is 0 Å². The lowest BCUT2D eigenvalue weighted by Crippen LogP contribution is -2.30. The maximum absolute atomic E-state index is 13.3. The average Bonchev–Trinajstić information content (AvgIpc) is 2.97. The highest BCUT2D eigenvalue weighted by Gasteiger charge is 2.24. The quantitative estimate of drug-likeness (QED) is 0.469. The summed E-state index contributed by atoms with van der Waals surface area (Å²) in [6, 6.07) is 17.8. The van der Waals surface area contributed by atoms with Gasteiger partial charge in [-0.25, -0.2) is 9.97 Å². The van der Waals surface area contributed by atoms with E-state index < -0.39 is 0 Å². The Hall–Kier alpha value is -3.41. The number of hydrogen-bond acceptors (Lipinski definition) is 5. The van der Waals surface area contributed by atoms with Crippen LogP contribution in [0.4, 0.5) is 5.82 Å². The fraction of sp³-hybridized carbons (Fsp3) is 0.320. The summed E-state index contributed by atoms with van der Waals surface area (Å²) in [6.07, 6.45) is 4.67. The van der Waals surface area contributed by atoms with Crippen LogP contribution >= 0.6 is 0 Å². The van der Waals surface area contributed by atoms with Crippen molar-refractivity contribution < 1.29 is 9.21 Å². The first kappa shape index (κ1) is 19.5. The third kappa shape index (κ3) is 3.85. The van der Waals surface area contributed by atoms with E-state index in [9.17, 15) is 4.79 Å². The smallest absolute Gasteiger partial charge is 0.291 e.